The molecular formula is C40H52ClN5O6S. The molecule has 0 radical (unpaired) electrons. The first-order valence-corrected chi connectivity index (χ1v) is 21.4. The van der Waals surface area contributed by atoms with Crippen molar-refractivity contribution in [2.45, 2.75) is 63.0 Å². The zero-order valence-corrected chi connectivity index (χ0v) is 32.4. The lowest BCUT2D eigenvalue weighted by Crippen LogP contribution is -2.64. The van der Waals surface area contributed by atoms with Crippen LogP contribution in [0.2, 0.25) is 5.02 Å². The van der Waals surface area contributed by atoms with Crippen molar-refractivity contribution in [3.8, 4) is 5.75 Å². The summed E-state index contributed by atoms with van der Waals surface area (Å²) in [4.78, 5) is 34.0. The van der Waals surface area contributed by atoms with Gasteiger partial charge in [0.15, 0.2) is 0 Å². The molecule has 0 aromatic heterocycles. The molecule has 4 aliphatic heterocycles. The summed E-state index contributed by atoms with van der Waals surface area (Å²) < 4.78 is 39.9. The van der Waals surface area contributed by atoms with Crippen molar-refractivity contribution in [2.75, 3.05) is 76.9 Å². The first-order valence-electron chi connectivity index (χ1n) is 19.3. The number of halogens is 1. The number of aryl methyl sites for hydroxylation is 1. The second kappa shape index (κ2) is 15.2. The molecule has 1 saturated carbocycles. The number of morpholine rings is 1. The zero-order chi connectivity index (χ0) is 36.7. The lowest BCUT2D eigenvalue weighted by atomic mass is 9.68. The fourth-order valence-electron chi connectivity index (χ4n) is 9.36. The monoisotopic (exact) mass is 765 g/mol. The van der Waals surface area contributed by atoms with Gasteiger partial charge in [-0.15, -0.1) is 4.36 Å². The topological polar surface area (TPSA) is 113 Å². The SMILES string of the molecule is CO[C@H]1/C=C/C[C@H](C)CS(=O)(NC(=O)N2CC(N3CCOCC3)C2)=NC(=O)c2ccc3c(c2)N(C[C@@H]2CC[C@H]21)C[C@@]1(CCCc2cc(Cl)ccc21)CO3. The lowest BCUT2D eigenvalue weighted by Gasteiger charge is -2.46. The van der Waals surface area contributed by atoms with Crippen LogP contribution < -0.4 is 14.4 Å². The first kappa shape index (κ1) is 36.8. The molecular weight excluding hydrogens is 714 g/mol. The van der Waals surface area contributed by atoms with Crippen molar-refractivity contribution in [3.63, 3.8) is 0 Å². The van der Waals surface area contributed by atoms with E-state index in [9.17, 15) is 13.8 Å². The molecule has 8 rings (SSSR count). The quantitative estimate of drug-likeness (QED) is 0.397. The third-order valence-corrected chi connectivity index (χ3v) is 14.7. The summed E-state index contributed by atoms with van der Waals surface area (Å²) >= 11 is 6.47. The van der Waals surface area contributed by atoms with Crippen LogP contribution in [0.15, 0.2) is 52.9 Å². The van der Waals surface area contributed by atoms with Gasteiger partial charge in [-0.05, 0) is 97.7 Å². The maximum Gasteiger partial charge on any atom is 0.329 e. The standard InChI is InChI=1S/C40H52ClN5O6S/c1-27-5-3-7-36(50-2)33-11-8-30(33)21-46-25-40(14-4-6-28-19-31(41)10-12-34(28)40)26-52-37-13-9-29(20-35(37)46)38(47)42-53(49,24-27)43-39(48)45-22-32(23-45)44-15-17-51-18-16-44/h3,7,9-10,12-13,19-20,27,30,32-33,36H,4-6,8,11,14-18,21-26H2,1-2H3,(H,42,43,47,48,49)/b7-3+/t27-,30-,33+,36-,40-,53?/m0/s1. The Balaban J connectivity index is 1.12. The number of likely N-dealkylation sites (tertiary alicyclic amines) is 1. The average Bonchev–Trinajstić information content (AvgIpc) is 3.25. The highest BCUT2D eigenvalue weighted by Crippen LogP contribution is 2.47. The molecule has 53 heavy (non-hydrogen) atoms. The molecule has 13 heteroatoms. The third-order valence-electron chi connectivity index (χ3n) is 12.5. The minimum atomic E-state index is -3.48. The van der Waals surface area contributed by atoms with Crippen LogP contribution in [-0.4, -0.2) is 110 Å². The summed E-state index contributed by atoms with van der Waals surface area (Å²) in [5.74, 6) is 0.784. The molecule has 2 saturated heterocycles. The highest BCUT2D eigenvalue weighted by atomic mass is 35.5. The third kappa shape index (κ3) is 7.59. The Hall–Kier alpha value is -3.16. The van der Waals surface area contributed by atoms with Gasteiger partial charge in [0, 0.05) is 68.4 Å². The summed E-state index contributed by atoms with van der Waals surface area (Å²) in [6.07, 6.45) is 10.00. The number of rotatable bonds is 3. The van der Waals surface area contributed by atoms with Crippen molar-refractivity contribution >= 4 is 39.1 Å². The summed E-state index contributed by atoms with van der Waals surface area (Å²) in [5, 5.41) is 0.746. The number of nitrogens with zero attached hydrogens (tertiary/aromatic N) is 4. The van der Waals surface area contributed by atoms with Crippen LogP contribution in [0.3, 0.4) is 0 Å². The maximum absolute atomic E-state index is 14.6. The Morgan fingerprint density at radius 1 is 1.11 bits per heavy atom. The highest BCUT2D eigenvalue weighted by Gasteiger charge is 2.44. The molecule has 1 N–H and O–H groups in total. The molecule has 2 aromatic rings. The van der Waals surface area contributed by atoms with Crippen molar-refractivity contribution in [1.29, 1.82) is 0 Å². The molecule has 286 valence electrons. The predicted octanol–water partition coefficient (Wildman–Crippen LogP) is 5.70. The average molecular weight is 766 g/mol. The van der Waals surface area contributed by atoms with E-state index < -0.39 is 21.9 Å². The van der Waals surface area contributed by atoms with Crippen molar-refractivity contribution in [3.05, 3.63) is 70.3 Å². The normalized spacial score (nSPS) is 32.9. The highest BCUT2D eigenvalue weighted by molar-refractivity contribution is 7.92. The van der Waals surface area contributed by atoms with E-state index >= 15 is 0 Å². The number of ether oxygens (including phenoxy) is 3. The number of fused-ring (bicyclic) bond motifs is 4. The van der Waals surface area contributed by atoms with Gasteiger partial charge in [-0.2, -0.15) is 0 Å². The van der Waals surface area contributed by atoms with Crippen LogP contribution in [0.4, 0.5) is 10.5 Å². The van der Waals surface area contributed by atoms with Crippen LogP contribution in [-0.2, 0) is 31.2 Å². The molecule has 2 aliphatic carbocycles. The van der Waals surface area contributed by atoms with Crippen molar-refractivity contribution < 1.29 is 28.0 Å². The van der Waals surface area contributed by atoms with E-state index in [4.69, 9.17) is 25.8 Å². The van der Waals surface area contributed by atoms with Gasteiger partial charge in [0.05, 0.1) is 37.4 Å². The number of amides is 3. The Bertz CT molecular complexity index is 1870. The predicted molar refractivity (Wildman–Crippen MR) is 206 cm³/mol. The number of anilines is 1. The van der Waals surface area contributed by atoms with Gasteiger partial charge in [-0.1, -0.05) is 36.7 Å². The number of methoxy groups -OCH3 is 1. The lowest BCUT2D eigenvalue weighted by molar-refractivity contribution is -0.0197. The molecule has 3 amide bonds. The number of hydrogen-bond acceptors (Lipinski definition) is 8. The van der Waals surface area contributed by atoms with Gasteiger partial charge < -0.3 is 24.0 Å². The molecule has 3 fully saturated rings. The first-order chi connectivity index (χ1) is 25.6. The van der Waals surface area contributed by atoms with Crippen LogP contribution >= 0.6 is 11.6 Å². The van der Waals surface area contributed by atoms with Gasteiger partial charge in [-0.3, -0.25) is 14.4 Å². The number of urea groups is 1. The molecule has 2 aromatic carbocycles. The van der Waals surface area contributed by atoms with Crippen LogP contribution in [0.5, 0.6) is 5.75 Å². The second-order valence-corrected chi connectivity index (χ2v) is 18.5. The van der Waals surface area contributed by atoms with Crippen molar-refractivity contribution in [2.24, 2.45) is 22.1 Å². The van der Waals surface area contributed by atoms with Gasteiger partial charge in [-0.25, -0.2) is 9.00 Å². The Labute approximate surface area is 318 Å². The summed E-state index contributed by atoms with van der Waals surface area (Å²) in [5.41, 5.74) is 3.46. The molecule has 1 unspecified atom stereocenters. The number of allylic oxidation sites excluding steroid dienone is 1. The second-order valence-electron chi connectivity index (χ2n) is 16.1. The smallest absolute Gasteiger partial charge is 0.329 e. The minimum absolute atomic E-state index is 0.0458. The van der Waals surface area contributed by atoms with Crippen LogP contribution in [0, 0.1) is 17.8 Å². The largest absolute Gasteiger partial charge is 0.490 e. The van der Waals surface area contributed by atoms with E-state index in [-0.39, 0.29) is 29.2 Å². The number of hydrogen-bond donors (Lipinski definition) is 1. The van der Waals surface area contributed by atoms with E-state index in [1.807, 2.05) is 25.1 Å². The van der Waals surface area contributed by atoms with E-state index in [0.717, 1.165) is 74.7 Å². The Kier molecular flexibility index (Phi) is 10.5. The van der Waals surface area contributed by atoms with Gasteiger partial charge in [0.2, 0.25) is 0 Å². The summed E-state index contributed by atoms with van der Waals surface area (Å²) in [6.45, 7) is 8.13. The minimum Gasteiger partial charge on any atom is -0.490 e. The molecule has 6 aliphatic rings. The fourth-order valence-corrected chi connectivity index (χ4v) is 11.4. The number of carbonyl (C=O) groups excluding carboxylic acids is 2. The van der Waals surface area contributed by atoms with Crippen molar-refractivity contribution in [1.82, 2.24) is 14.5 Å². The van der Waals surface area contributed by atoms with E-state index in [0.29, 0.717) is 56.7 Å². The van der Waals surface area contributed by atoms with Gasteiger partial charge in [0.25, 0.3) is 5.91 Å². The Morgan fingerprint density at radius 2 is 1.94 bits per heavy atom. The van der Waals surface area contributed by atoms with Gasteiger partial charge in [0.1, 0.15) is 15.7 Å². The Morgan fingerprint density at radius 3 is 2.72 bits per heavy atom. The van der Waals surface area contributed by atoms with E-state index in [2.05, 4.69) is 43.2 Å². The van der Waals surface area contributed by atoms with E-state index in [1.165, 1.54) is 11.1 Å². The zero-order valence-electron chi connectivity index (χ0n) is 30.8. The number of nitrogens with one attached hydrogen (secondary N) is 1. The van der Waals surface area contributed by atoms with Crippen LogP contribution in [0.1, 0.15) is 60.5 Å². The summed E-state index contributed by atoms with van der Waals surface area (Å²) in [6, 6.07) is 11.5. The summed E-state index contributed by atoms with van der Waals surface area (Å²) in [7, 11) is -1.70. The number of benzene rings is 2. The van der Waals surface area contributed by atoms with Crippen LogP contribution in [0.25, 0.3) is 0 Å². The molecule has 11 nitrogen and oxygen atoms in total. The maximum atomic E-state index is 14.6. The molecule has 1 spiro atoms. The van der Waals surface area contributed by atoms with E-state index in [1.54, 1.807) is 18.1 Å². The van der Waals surface area contributed by atoms with Gasteiger partial charge >= 0.3 is 6.03 Å². The molecule has 6 atom stereocenters. The fraction of sp³-hybridized carbons (Fsp3) is 0.600. The molecule has 4 heterocycles. The number of carbonyl (C=O) groups is 2. The molecule has 2 bridgehead atoms.